The van der Waals surface area contributed by atoms with Crippen LogP contribution in [-0.2, 0) is 13.1 Å². The predicted octanol–water partition coefficient (Wildman–Crippen LogP) is 6.24. The van der Waals surface area contributed by atoms with Crippen LogP contribution in [0.1, 0.15) is 66.4 Å². The number of alkyl halides is 1. The number of halogens is 1. The lowest BCUT2D eigenvalue weighted by molar-refractivity contribution is 0.0697. The van der Waals surface area contributed by atoms with Gasteiger partial charge in [-0.2, -0.15) is 0 Å². The minimum Gasteiger partial charge on any atom is -0.494 e. The smallest absolute Gasteiger partial charge is 0.335 e. The number of benzene rings is 2. The van der Waals surface area contributed by atoms with Crippen LogP contribution in [0.4, 0.5) is 4.39 Å². The molecular weight excluding hydrogens is 431 g/mol. The lowest BCUT2D eigenvalue weighted by Crippen LogP contribution is -2.26. The molecule has 1 aliphatic carbocycles. The first-order chi connectivity index (χ1) is 16.5. The second kappa shape index (κ2) is 9.41. The van der Waals surface area contributed by atoms with Gasteiger partial charge in [0.15, 0.2) is 0 Å². The summed E-state index contributed by atoms with van der Waals surface area (Å²) in [6.07, 6.45) is 3.41. The maximum Gasteiger partial charge on any atom is 0.335 e. The van der Waals surface area contributed by atoms with Crippen LogP contribution >= 0.6 is 0 Å². The Morgan fingerprint density at radius 1 is 1.15 bits per heavy atom. The second-order valence-corrected chi connectivity index (χ2v) is 9.76. The molecule has 2 aliphatic rings. The predicted molar refractivity (Wildman–Crippen MR) is 133 cm³/mol. The van der Waals surface area contributed by atoms with Crippen molar-refractivity contribution < 1.29 is 19.0 Å². The number of ether oxygens (including phenoxy) is 1. The summed E-state index contributed by atoms with van der Waals surface area (Å²) in [6, 6.07) is 11.6. The standard InChI is InChI=1S/C28H33FN2O3/c1-3-14-34-20-9-11-21-19(15-20)17-30(2)12-13-31-25-16-18(28(32)33)8-10-23(25)26(27(21)31)22-6-4-5-7-24(22)29/h8-11,15-16,22,24H,3-7,12-14,17H2,1-2H3,(H,32,33)/t22-,24-/m0/s1. The van der Waals surface area contributed by atoms with E-state index in [9.17, 15) is 9.90 Å². The number of hydrogen-bond acceptors (Lipinski definition) is 3. The first-order valence-corrected chi connectivity index (χ1v) is 12.5. The second-order valence-electron chi connectivity index (χ2n) is 9.76. The third-order valence-corrected chi connectivity index (χ3v) is 7.35. The van der Waals surface area contributed by atoms with E-state index in [0.717, 1.165) is 84.4 Å². The third kappa shape index (κ3) is 4.09. The van der Waals surface area contributed by atoms with Gasteiger partial charge in [-0.25, -0.2) is 9.18 Å². The van der Waals surface area contributed by atoms with Crippen LogP contribution in [0.3, 0.4) is 0 Å². The molecule has 0 amide bonds. The number of fused-ring (bicyclic) bond motifs is 5. The van der Waals surface area contributed by atoms with Crippen molar-refractivity contribution in [2.45, 2.75) is 64.2 Å². The van der Waals surface area contributed by atoms with E-state index in [1.165, 1.54) is 0 Å². The van der Waals surface area contributed by atoms with Gasteiger partial charge in [0.05, 0.1) is 17.9 Å². The van der Waals surface area contributed by atoms with Crippen molar-refractivity contribution in [2.75, 3.05) is 20.2 Å². The molecule has 0 bridgehead atoms. The monoisotopic (exact) mass is 464 g/mol. The van der Waals surface area contributed by atoms with Gasteiger partial charge in [-0.15, -0.1) is 0 Å². The molecule has 180 valence electrons. The average Bonchev–Trinajstić information content (AvgIpc) is 3.13. The quantitative estimate of drug-likeness (QED) is 0.486. The highest BCUT2D eigenvalue weighted by atomic mass is 19.1. The fourth-order valence-electron chi connectivity index (χ4n) is 5.70. The van der Waals surface area contributed by atoms with Crippen molar-refractivity contribution in [1.82, 2.24) is 9.47 Å². The Kier molecular flexibility index (Phi) is 6.34. The third-order valence-electron chi connectivity index (χ3n) is 7.35. The molecule has 2 atom stereocenters. The molecule has 0 radical (unpaired) electrons. The Morgan fingerprint density at radius 2 is 1.97 bits per heavy atom. The summed E-state index contributed by atoms with van der Waals surface area (Å²) in [7, 11) is 2.10. The highest BCUT2D eigenvalue weighted by Gasteiger charge is 2.34. The Morgan fingerprint density at radius 3 is 2.74 bits per heavy atom. The van der Waals surface area contributed by atoms with Crippen LogP contribution in [0, 0.1) is 0 Å². The number of carbonyl (C=O) groups is 1. The largest absolute Gasteiger partial charge is 0.494 e. The molecule has 34 heavy (non-hydrogen) atoms. The summed E-state index contributed by atoms with van der Waals surface area (Å²) in [4.78, 5) is 14.1. The molecule has 1 N–H and O–H groups in total. The van der Waals surface area contributed by atoms with Gasteiger partial charge in [-0.3, -0.25) is 0 Å². The highest BCUT2D eigenvalue weighted by molar-refractivity contribution is 5.98. The average molecular weight is 465 g/mol. The highest BCUT2D eigenvalue weighted by Crippen LogP contribution is 2.47. The number of carboxylic acids is 1. The number of rotatable bonds is 5. The van der Waals surface area contributed by atoms with Crippen molar-refractivity contribution in [1.29, 1.82) is 0 Å². The molecule has 5 nitrogen and oxygen atoms in total. The summed E-state index contributed by atoms with van der Waals surface area (Å²) in [6.45, 7) is 5.09. The van der Waals surface area contributed by atoms with Crippen LogP contribution in [-0.4, -0.2) is 46.9 Å². The molecular formula is C28H33FN2O3. The molecule has 5 rings (SSSR count). The molecule has 0 unspecified atom stereocenters. The van der Waals surface area contributed by atoms with Gasteiger partial charge in [0.1, 0.15) is 11.9 Å². The zero-order chi connectivity index (χ0) is 23.8. The first-order valence-electron chi connectivity index (χ1n) is 12.5. The van der Waals surface area contributed by atoms with Crippen molar-refractivity contribution >= 4 is 16.9 Å². The van der Waals surface area contributed by atoms with Gasteiger partial charge in [0, 0.05) is 42.0 Å². The number of aromatic nitrogens is 1. The van der Waals surface area contributed by atoms with Gasteiger partial charge in [0.2, 0.25) is 0 Å². The topological polar surface area (TPSA) is 54.7 Å². The van der Waals surface area contributed by atoms with Crippen LogP contribution in [0.5, 0.6) is 5.75 Å². The van der Waals surface area contributed by atoms with E-state index >= 15 is 4.39 Å². The van der Waals surface area contributed by atoms with Crippen LogP contribution in [0.25, 0.3) is 22.2 Å². The maximum atomic E-state index is 15.4. The van der Waals surface area contributed by atoms with E-state index in [4.69, 9.17) is 4.74 Å². The summed E-state index contributed by atoms with van der Waals surface area (Å²) in [5.74, 6) is -0.265. The van der Waals surface area contributed by atoms with Crippen LogP contribution in [0.2, 0.25) is 0 Å². The molecule has 6 heteroatoms. The van der Waals surface area contributed by atoms with Crippen LogP contribution < -0.4 is 4.74 Å². The van der Waals surface area contributed by atoms with Crippen molar-refractivity contribution in [2.24, 2.45) is 0 Å². The number of nitrogens with zero attached hydrogens (tertiary/aromatic N) is 2. The minimum absolute atomic E-state index is 0.177. The van der Waals surface area contributed by atoms with Crippen molar-refractivity contribution in [3.63, 3.8) is 0 Å². The molecule has 0 saturated heterocycles. The fourth-order valence-corrected chi connectivity index (χ4v) is 5.70. The summed E-state index contributed by atoms with van der Waals surface area (Å²) >= 11 is 0. The molecule has 1 aliphatic heterocycles. The minimum atomic E-state index is -0.943. The Hall–Kier alpha value is -2.86. The van der Waals surface area contributed by atoms with E-state index < -0.39 is 12.1 Å². The van der Waals surface area contributed by atoms with E-state index in [1.54, 1.807) is 12.1 Å². The molecule has 0 spiro atoms. The lowest BCUT2D eigenvalue weighted by Gasteiger charge is -2.29. The zero-order valence-corrected chi connectivity index (χ0v) is 20.0. The summed E-state index contributed by atoms with van der Waals surface area (Å²) in [5.41, 5.74) is 5.50. The van der Waals surface area contributed by atoms with Gasteiger partial charge < -0.3 is 19.3 Å². The van der Waals surface area contributed by atoms with E-state index in [1.807, 2.05) is 12.1 Å². The van der Waals surface area contributed by atoms with Gasteiger partial charge in [-0.05, 0) is 67.8 Å². The van der Waals surface area contributed by atoms with Crippen LogP contribution in [0.15, 0.2) is 36.4 Å². The Balaban J connectivity index is 1.78. The normalized spacial score (nSPS) is 20.9. The van der Waals surface area contributed by atoms with Gasteiger partial charge in [-0.1, -0.05) is 25.8 Å². The van der Waals surface area contributed by atoms with E-state index in [0.29, 0.717) is 13.0 Å². The van der Waals surface area contributed by atoms with Gasteiger partial charge in [0.25, 0.3) is 0 Å². The number of carboxylic acid groups (broad SMARTS) is 1. The van der Waals surface area contributed by atoms with E-state index in [2.05, 4.69) is 35.6 Å². The molecule has 1 aromatic heterocycles. The summed E-state index contributed by atoms with van der Waals surface area (Å²) < 4.78 is 23.6. The summed E-state index contributed by atoms with van der Waals surface area (Å²) in [5, 5.41) is 10.6. The molecule has 2 aromatic carbocycles. The SMILES string of the molecule is CCCOc1ccc2c(c1)CN(C)CCn1c-2c([C@H]2CCCC[C@@H]2F)c2ccc(C(=O)O)cc21. The molecule has 2 heterocycles. The Labute approximate surface area is 200 Å². The first kappa shape index (κ1) is 22.9. The molecule has 3 aromatic rings. The number of likely N-dealkylation sites (N-methyl/N-ethyl adjacent to an activating group) is 1. The fraction of sp³-hybridized carbons (Fsp3) is 0.464. The molecule has 1 saturated carbocycles. The maximum absolute atomic E-state index is 15.4. The van der Waals surface area contributed by atoms with Crippen molar-refractivity contribution in [3.05, 3.63) is 53.1 Å². The number of hydrogen-bond donors (Lipinski definition) is 1. The van der Waals surface area contributed by atoms with E-state index in [-0.39, 0.29) is 11.5 Å². The van der Waals surface area contributed by atoms with Crippen molar-refractivity contribution in [3.8, 4) is 17.0 Å². The lowest BCUT2D eigenvalue weighted by atomic mass is 9.80. The molecule has 1 fully saturated rings. The number of aromatic carboxylic acids is 1. The zero-order valence-electron chi connectivity index (χ0n) is 20.0. The Bertz CT molecular complexity index is 1220. The van der Waals surface area contributed by atoms with Gasteiger partial charge >= 0.3 is 5.97 Å².